The average Bonchev–Trinajstić information content (AvgIpc) is 2.78. The number of anilines is 1. The van der Waals surface area contributed by atoms with Crippen LogP contribution in [0.2, 0.25) is 0 Å². The molecule has 0 radical (unpaired) electrons. The lowest BCUT2D eigenvalue weighted by atomic mass is 10.2. The summed E-state index contributed by atoms with van der Waals surface area (Å²) in [5.74, 6) is 0.571. The molecular weight excluding hydrogens is 322 g/mol. The van der Waals surface area contributed by atoms with E-state index < -0.39 is 6.04 Å². The molecule has 1 atom stereocenters. The van der Waals surface area contributed by atoms with Gasteiger partial charge in [-0.3, -0.25) is 9.48 Å². The highest BCUT2D eigenvalue weighted by atomic mass is 79.9. The van der Waals surface area contributed by atoms with Crippen LogP contribution in [0.3, 0.4) is 0 Å². The zero-order chi connectivity index (χ0) is 14.7. The first-order valence-electron chi connectivity index (χ1n) is 6.17. The van der Waals surface area contributed by atoms with Gasteiger partial charge in [0.25, 0.3) is 0 Å². The topological polar surface area (TPSA) is 56.1 Å². The number of carbonyl (C=O) groups is 1. The summed E-state index contributed by atoms with van der Waals surface area (Å²) in [6.45, 7) is 3.68. The number of benzene rings is 1. The predicted molar refractivity (Wildman–Crippen MR) is 81.0 cm³/mol. The minimum Gasteiger partial charge on any atom is -0.497 e. The average molecular weight is 338 g/mol. The van der Waals surface area contributed by atoms with Crippen molar-refractivity contribution in [2.75, 3.05) is 12.4 Å². The second-order valence-electron chi connectivity index (χ2n) is 4.44. The number of hydrogen-bond donors (Lipinski definition) is 1. The Morgan fingerprint density at radius 1 is 1.50 bits per heavy atom. The smallest absolute Gasteiger partial charge is 0.248 e. The van der Waals surface area contributed by atoms with Gasteiger partial charge in [-0.2, -0.15) is 5.10 Å². The summed E-state index contributed by atoms with van der Waals surface area (Å²) in [5, 5.41) is 7.14. The fraction of sp³-hybridized carbons (Fsp3) is 0.286. The number of ether oxygens (including phenoxy) is 1. The van der Waals surface area contributed by atoms with E-state index in [1.54, 1.807) is 31.0 Å². The van der Waals surface area contributed by atoms with Crippen LogP contribution in [-0.4, -0.2) is 22.8 Å². The van der Waals surface area contributed by atoms with Crippen molar-refractivity contribution in [3.05, 3.63) is 40.6 Å². The van der Waals surface area contributed by atoms with E-state index >= 15 is 0 Å². The summed E-state index contributed by atoms with van der Waals surface area (Å²) in [6.07, 6.45) is 1.80. The monoisotopic (exact) mass is 337 g/mol. The van der Waals surface area contributed by atoms with E-state index in [0.717, 1.165) is 10.2 Å². The van der Waals surface area contributed by atoms with Crippen LogP contribution in [-0.2, 0) is 4.79 Å². The van der Waals surface area contributed by atoms with E-state index in [-0.39, 0.29) is 5.91 Å². The Kier molecular flexibility index (Phi) is 4.44. The van der Waals surface area contributed by atoms with Crippen LogP contribution < -0.4 is 10.1 Å². The number of carbonyl (C=O) groups excluding carboxylic acids is 1. The molecule has 1 amide bonds. The molecule has 1 aromatic carbocycles. The summed E-state index contributed by atoms with van der Waals surface area (Å²) in [4.78, 5) is 12.2. The van der Waals surface area contributed by atoms with Gasteiger partial charge in [0.15, 0.2) is 0 Å². The highest BCUT2D eigenvalue weighted by molar-refractivity contribution is 9.10. The van der Waals surface area contributed by atoms with Crippen LogP contribution in [0.25, 0.3) is 0 Å². The molecule has 0 aliphatic heterocycles. The van der Waals surface area contributed by atoms with E-state index in [1.165, 1.54) is 0 Å². The standard InChI is InChI=1S/C14H16BrN3O2/c1-9-13(15)8-18(17-9)10(2)14(19)16-11-5-4-6-12(7-11)20-3/h4-8,10H,1-3H3,(H,16,19). The lowest BCUT2D eigenvalue weighted by Gasteiger charge is -2.13. The van der Waals surface area contributed by atoms with Crippen LogP contribution in [0.15, 0.2) is 34.9 Å². The molecule has 2 aromatic rings. The normalized spacial score (nSPS) is 12.0. The van der Waals surface area contributed by atoms with Crippen molar-refractivity contribution >= 4 is 27.5 Å². The predicted octanol–water partition coefficient (Wildman–Crippen LogP) is 3.16. The molecule has 106 valence electrons. The van der Waals surface area contributed by atoms with E-state index in [4.69, 9.17) is 4.74 Å². The SMILES string of the molecule is COc1cccc(NC(=O)C(C)n2cc(Br)c(C)n2)c1. The molecule has 0 spiro atoms. The molecule has 0 saturated carbocycles. The summed E-state index contributed by atoms with van der Waals surface area (Å²) in [6, 6.07) is 6.85. The summed E-state index contributed by atoms with van der Waals surface area (Å²) >= 11 is 3.39. The van der Waals surface area contributed by atoms with Gasteiger partial charge < -0.3 is 10.1 Å². The van der Waals surface area contributed by atoms with Gasteiger partial charge in [0.2, 0.25) is 5.91 Å². The minimum atomic E-state index is -0.397. The van der Waals surface area contributed by atoms with Gasteiger partial charge in [-0.25, -0.2) is 0 Å². The van der Waals surface area contributed by atoms with Crippen LogP contribution >= 0.6 is 15.9 Å². The van der Waals surface area contributed by atoms with Crippen molar-refractivity contribution in [1.82, 2.24) is 9.78 Å². The van der Waals surface area contributed by atoms with Crippen molar-refractivity contribution in [1.29, 1.82) is 0 Å². The number of halogens is 1. The summed E-state index contributed by atoms with van der Waals surface area (Å²) < 4.78 is 7.65. The largest absolute Gasteiger partial charge is 0.497 e. The molecule has 1 heterocycles. The molecule has 6 heteroatoms. The second kappa shape index (κ2) is 6.09. The molecule has 20 heavy (non-hydrogen) atoms. The lowest BCUT2D eigenvalue weighted by Crippen LogP contribution is -2.24. The molecule has 0 aliphatic rings. The first-order chi connectivity index (χ1) is 9.51. The van der Waals surface area contributed by atoms with Crippen molar-refractivity contribution in [2.45, 2.75) is 19.9 Å². The van der Waals surface area contributed by atoms with Crippen LogP contribution in [0.1, 0.15) is 18.7 Å². The van der Waals surface area contributed by atoms with Gasteiger partial charge in [-0.05, 0) is 41.9 Å². The highest BCUT2D eigenvalue weighted by Gasteiger charge is 2.17. The van der Waals surface area contributed by atoms with E-state index in [0.29, 0.717) is 11.4 Å². The van der Waals surface area contributed by atoms with Gasteiger partial charge >= 0.3 is 0 Å². The summed E-state index contributed by atoms with van der Waals surface area (Å²) in [5.41, 5.74) is 1.55. The Morgan fingerprint density at radius 2 is 2.25 bits per heavy atom. The van der Waals surface area contributed by atoms with Crippen molar-refractivity contribution in [3.63, 3.8) is 0 Å². The molecule has 0 fully saturated rings. The second-order valence-corrected chi connectivity index (χ2v) is 5.29. The number of nitrogens with zero attached hydrogens (tertiary/aromatic N) is 2. The molecule has 0 bridgehead atoms. The number of aryl methyl sites for hydroxylation is 1. The Bertz CT molecular complexity index is 605. The van der Waals surface area contributed by atoms with E-state index in [1.807, 2.05) is 25.1 Å². The molecule has 1 aromatic heterocycles. The minimum absolute atomic E-state index is 0.131. The number of hydrogen-bond acceptors (Lipinski definition) is 3. The van der Waals surface area contributed by atoms with Gasteiger partial charge in [0.05, 0.1) is 17.3 Å². The molecular formula is C14H16BrN3O2. The first-order valence-corrected chi connectivity index (χ1v) is 6.96. The first kappa shape index (κ1) is 14.6. The van der Waals surface area contributed by atoms with Crippen LogP contribution in [0.4, 0.5) is 5.69 Å². The van der Waals surface area contributed by atoms with Crippen molar-refractivity contribution in [3.8, 4) is 5.75 Å². The fourth-order valence-corrected chi connectivity index (χ4v) is 2.01. The number of methoxy groups -OCH3 is 1. The summed E-state index contributed by atoms with van der Waals surface area (Å²) in [7, 11) is 1.59. The fourth-order valence-electron chi connectivity index (χ4n) is 1.73. The molecule has 0 saturated heterocycles. The van der Waals surface area contributed by atoms with Crippen molar-refractivity contribution < 1.29 is 9.53 Å². The van der Waals surface area contributed by atoms with E-state index in [2.05, 4.69) is 26.3 Å². The highest BCUT2D eigenvalue weighted by Crippen LogP contribution is 2.20. The Hall–Kier alpha value is -1.82. The molecule has 5 nitrogen and oxygen atoms in total. The maximum atomic E-state index is 12.2. The third-order valence-electron chi connectivity index (χ3n) is 2.97. The van der Waals surface area contributed by atoms with Crippen molar-refractivity contribution in [2.24, 2.45) is 0 Å². The Morgan fingerprint density at radius 3 is 2.85 bits per heavy atom. The van der Waals surface area contributed by atoms with Gasteiger partial charge in [0, 0.05) is 18.0 Å². The third kappa shape index (κ3) is 3.19. The van der Waals surface area contributed by atoms with Crippen LogP contribution in [0.5, 0.6) is 5.75 Å². The molecule has 0 aliphatic carbocycles. The number of amides is 1. The Balaban J connectivity index is 2.11. The zero-order valence-corrected chi connectivity index (χ0v) is 13.1. The number of rotatable bonds is 4. The molecule has 1 N–H and O–H groups in total. The van der Waals surface area contributed by atoms with Crippen LogP contribution in [0, 0.1) is 6.92 Å². The lowest BCUT2D eigenvalue weighted by molar-refractivity contribution is -0.119. The maximum Gasteiger partial charge on any atom is 0.248 e. The number of nitrogens with one attached hydrogen (secondary N) is 1. The third-order valence-corrected chi connectivity index (χ3v) is 3.75. The van der Waals surface area contributed by atoms with Gasteiger partial charge in [-0.1, -0.05) is 6.07 Å². The van der Waals surface area contributed by atoms with E-state index in [9.17, 15) is 4.79 Å². The quantitative estimate of drug-likeness (QED) is 0.932. The Labute approximate surface area is 126 Å². The molecule has 2 rings (SSSR count). The van der Waals surface area contributed by atoms with Gasteiger partial charge in [-0.15, -0.1) is 0 Å². The van der Waals surface area contributed by atoms with Gasteiger partial charge in [0.1, 0.15) is 11.8 Å². The number of aromatic nitrogens is 2. The molecule has 1 unspecified atom stereocenters. The maximum absolute atomic E-state index is 12.2. The zero-order valence-electron chi connectivity index (χ0n) is 11.6.